The van der Waals surface area contributed by atoms with Crippen molar-refractivity contribution in [1.29, 1.82) is 0 Å². The number of hydrogen-bond donors (Lipinski definition) is 2. The van der Waals surface area contributed by atoms with Gasteiger partial charge in [0.25, 0.3) is 5.56 Å². The van der Waals surface area contributed by atoms with Crippen molar-refractivity contribution in [2.45, 2.75) is 65.1 Å². The molecule has 5 heteroatoms. The van der Waals surface area contributed by atoms with Crippen LogP contribution in [0.15, 0.2) is 53.3 Å². The van der Waals surface area contributed by atoms with E-state index in [0.29, 0.717) is 12.6 Å². The van der Waals surface area contributed by atoms with Crippen LogP contribution in [0.1, 0.15) is 60.9 Å². The molecule has 1 aliphatic carbocycles. The van der Waals surface area contributed by atoms with Gasteiger partial charge in [-0.15, -0.1) is 0 Å². The van der Waals surface area contributed by atoms with Crippen molar-refractivity contribution >= 4 is 28.2 Å². The summed E-state index contributed by atoms with van der Waals surface area (Å²) in [6, 6.07) is 17.1. The zero-order chi connectivity index (χ0) is 22.0. The second kappa shape index (κ2) is 9.23. The highest BCUT2D eigenvalue weighted by Gasteiger charge is 2.26. The van der Waals surface area contributed by atoms with Crippen molar-refractivity contribution in [2.75, 3.05) is 0 Å². The molecular weight excluding hydrogens is 402 g/mol. The summed E-state index contributed by atoms with van der Waals surface area (Å²) in [5.74, 6) is 0. The minimum absolute atomic E-state index is 0.0299. The van der Waals surface area contributed by atoms with Crippen LogP contribution in [0, 0.1) is 13.8 Å². The number of nitrogens with zero attached hydrogens (tertiary/aromatic N) is 1. The Morgan fingerprint density at radius 3 is 2.52 bits per heavy atom. The van der Waals surface area contributed by atoms with E-state index < -0.39 is 0 Å². The van der Waals surface area contributed by atoms with Gasteiger partial charge < -0.3 is 15.2 Å². The molecule has 1 saturated carbocycles. The summed E-state index contributed by atoms with van der Waals surface area (Å²) in [4.78, 5) is 18.2. The molecule has 1 aromatic heterocycles. The van der Waals surface area contributed by atoms with Gasteiger partial charge in [-0.05, 0) is 86.1 Å². The minimum atomic E-state index is -0.0299. The number of pyridine rings is 1. The molecule has 4 rings (SSSR count). The summed E-state index contributed by atoms with van der Waals surface area (Å²) >= 11 is 5.87. The zero-order valence-electron chi connectivity index (χ0n) is 18.6. The third-order valence-corrected chi connectivity index (χ3v) is 6.89. The summed E-state index contributed by atoms with van der Waals surface area (Å²) in [7, 11) is 0. The molecule has 3 aromatic rings. The molecule has 0 aliphatic heterocycles. The van der Waals surface area contributed by atoms with Gasteiger partial charge in [0.05, 0.1) is 12.6 Å². The number of nitrogens with one attached hydrogen (secondary N) is 2. The molecule has 0 radical (unpaired) electrons. The number of aromatic amines is 1. The normalized spacial score (nSPS) is 15.2. The first kappa shape index (κ1) is 21.6. The van der Waals surface area contributed by atoms with E-state index in [1.165, 1.54) is 29.5 Å². The van der Waals surface area contributed by atoms with Crippen LogP contribution in [0.5, 0.6) is 0 Å². The van der Waals surface area contributed by atoms with Gasteiger partial charge >= 0.3 is 0 Å². The van der Waals surface area contributed by atoms with Gasteiger partial charge in [-0.25, -0.2) is 0 Å². The van der Waals surface area contributed by atoms with E-state index in [1.54, 1.807) is 0 Å². The SMILES string of the molecule is Cc1cc2cc(CN(C(=S)N[C@H](C)c3ccccc3)C3CCCC3)c(=O)[nH]c2cc1C. The molecule has 1 aliphatic rings. The van der Waals surface area contributed by atoms with Crippen LogP contribution in [0.4, 0.5) is 0 Å². The molecule has 1 fully saturated rings. The quantitative estimate of drug-likeness (QED) is 0.520. The smallest absolute Gasteiger partial charge is 0.253 e. The molecule has 1 atom stereocenters. The lowest BCUT2D eigenvalue weighted by molar-refractivity contribution is 0.300. The summed E-state index contributed by atoms with van der Waals surface area (Å²) in [6.07, 6.45) is 4.66. The molecule has 31 heavy (non-hydrogen) atoms. The van der Waals surface area contributed by atoms with Crippen LogP contribution in [-0.2, 0) is 6.54 Å². The predicted molar refractivity (Wildman–Crippen MR) is 132 cm³/mol. The summed E-state index contributed by atoms with van der Waals surface area (Å²) in [6.45, 7) is 6.83. The van der Waals surface area contributed by atoms with Crippen molar-refractivity contribution in [3.63, 3.8) is 0 Å². The van der Waals surface area contributed by atoms with E-state index >= 15 is 0 Å². The van der Waals surface area contributed by atoms with Crippen LogP contribution >= 0.6 is 12.2 Å². The van der Waals surface area contributed by atoms with Crippen LogP contribution in [0.25, 0.3) is 10.9 Å². The van der Waals surface area contributed by atoms with Gasteiger partial charge in [-0.2, -0.15) is 0 Å². The Morgan fingerprint density at radius 2 is 1.81 bits per heavy atom. The molecule has 162 valence electrons. The lowest BCUT2D eigenvalue weighted by Crippen LogP contribution is -2.46. The topological polar surface area (TPSA) is 48.1 Å². The van der Waals surface area contributed by atoms with Crippen LogP contribution < -0.4 is 10.9 Å². The Kier molecular flexibility index (Phi) is 6.42. The Labute approximate surface area is 189 Å². The van der Waals surface area contributed by atoms with E-state index in [2.05, 4.69) is 60.2 Å². The van der Waals surface area contributed by atoms with Crippen molar-refractivity contribution in [2.24, 2.45) is 0 Å². The van der Waals surface area contributed by atoms with Crippen LogP contribution in [0.3, 0.4) is 0 Å². The number of H-pyrrole nitrogens is 1. The second-order valence-corrected chi connectivity index (χ2v) is 9.18. The average Bonchev–Trinajstić information content (AvgIpc) is 3.28. The fourth-order valence-electron chi connectivity index (χ4n) is 4.50. The lowest BCUT2D eigenvalue weighted by Gasteiger charge is -2.33. The van der Waals surface area contributed by atoms with E-state index in [-0.39, 0.29) is 11.6 Å². The molecule has 0 bridgehead atoms. The van der Waals surface area contributed by atoms with E-state index in [0.717, 1.165) is 34.4 Å². The highest BCUT2D eigenvalue weighted by atomic mass is 32.1. The number of rotatable bonds is 5. The molecule has 2 N–H and O–H groups in total. The molecular formula is C26H31N3OS. The Hall–Kier alpha value is -2.66. The standard InChI is InChI=1S/C26H31N3OS/c1-17-13-21-15-22(25(30)28-24(21)14-18(17)2)16-29(23-11-7-8-12-23)26(31)27-19(3)20-9-5-4-6-10-20/h4-6,9-10,13-15,19,23H,7-8,11-12,16H2,1-3H3,(H,27,31)(H,28,30)/t19-/m1/s1. The summed E-state index contributed by atoms with van der Waals surface area (Å²) in [5, 5.41) is 5.31. The Bertz CT molecular complexity index is 1130. The highest BCUT2D eigenvalue weighted by Crippen LogP contribution is 2.26. The van der Waals surface area contributed by atoms with Crippen molar-refractivity contribution in [3.8, 4) is 0 Å². The fraction of sp³-hybridized carbons (Fsp3) is 0.385. The molecule has 2 aromatic carbocycles. The van der Waals surface area contributed by atoms with E-state index in [1.807, 2.05) is 24.3 Å². The number of benzene rings is 2. The first-order chi connectivity index (χ1) is 14.9. The largest absolute Gasteiger partial charge is 0.356 e. The fourth-order valence-corrected chi connectivity index (χ4v) is 4.89. The van der Waals surface area contributed by atoms with E-state index in [9.17, 15) is 4.79 Å². The maximum atomic E-state index is 12.9. The van der Waals surface area contributed by atoms with Crippen LogP contribution in [0.2, 0.25) is 0 Å². The summed E-state index contributed by atoms with van der Waals surface area (Å²) in [5.41, 5.74) is 5.24. The van der Waals surface area contributed by atoms with Crippen LogP contribution in [-0.4, -0.2) is 21.0 Å². The second-order valence-electron chi connectivity index (χ2n) is 8.80. The maximum absolute atomic E-state index is 12.9. The third-order valence-electron chi connectivity index (χ3n) is 6.54. The lowest BCUT2D eigenvalue weighted by atomic mass is 10.0. The molecule has 0 saturated heterocycles. The Balaban J connectivity index is 1.61. The van der Waals surface area contributed by atoms with Gasteiger partial charge in [0.1, 0.15) is 0 Å². The minimum Gasteiger partial charge on any atom is -0.356 e. The maximum Gasteiger partial charge on any atom is 0.253 e. The summed E-state index contributed by atoms with van der Waals surface area (Å²) < 4.78 is 0. The molecule has 0 spiro atoms. The monoisotopic (exact) mass is 433 g/mol. The molecule has 0 unspecified atom stereocenters. The number of aryl methyl sites for hydroxylation is 2. The van der Waals surface area contributed by atoms with Gasteiger partial charge in [0.15, 0.2) is 5.11 Å². The van der Waals surface area contributed by atoms with Gasteiger partial charge in [0, 0.05) is 17.1 Å². The third kappa shape index (κ3) is 4.82. The number of hydrogen-bond acceptors (Lipinski definition) is 2. The molecule has 1 heterocycles. The predicted octanol–water partition coefficient (Wildman–Crippen LogP) is 5.53. The first-order valence-electron chi connectivity index (χ1n) is 11.2. The average molecular weight is 434 g/mol. The number of aromatic nitrogens is 1. The highest BCUT2D eigenvalue weighted by molar-refractivity contribution is 7.80. The first-order valence-corrected chi connectivity index (χ1v) is 11.6. The molecule has 0 amide bonds. The van der Waals surface area contributed by atoms with Gasteiger partial charge in [0.2, 0.25) is 0 Å². The number of fused-ring (bicyclic) bond motifs is 1. The van der Waals surface area contributed by atoms with Gasteiger partial charge in [-0.1, -0.05) is 43.2 Å². The van der Waals surface area contributed by atoms with Crippen molar-refractivity contribution in [1.82, 2.24) is 15.2 Å². The van der Waals surface area contributed by atoms with Gasteiger partial charge in [-0.3, -0.25) is 4.79 Å². The zero-order valence-corrected chi connectivity index (χ0v) is 19.4. The Morgan fingerprint density at radius 1 is 1.13 bits per heavy atom. The van der Waals surface area contributed by atoms with E-state index in [4.69, 9.17) is 12.2 Å². The van der Waals surface area contributed by atoms with Crippen molar-refractivity contribution < 1.29 is 0 Å². The van der Waals surface area contributed by atoms with Crippen molar-refractivity contribution in [3.05, 3.63) is 81.1 Å². The number of thiocarbonyl (C=S) groups is 1. The molecule has 4 nitrogen and oxygen atoms in total.